The van der Waals surface area contributed by atoms with Crippen LogP contribution in [-0.4, -0.2) is 94.1 Å². The number of hydrogen-bond donors (Lipinski definition) is 2. The standard InChI is InChI=1S/C33H46N2O8S2.CH4/c1-23-9-7-8-12-28(23)30-17-25(13-14-29(30)32(36)34-31(33(37)38)15-16-44(3,39)40)19-35-20-27(18-26(35)21-43-2)45(41,42)22-24-10-5-4-6-11-24;/h7-9,12-14,17,24,26-27,31H,4-6,10-11,15-16,18-22H2,1-3H3,(H,34,36)(H,37,38);1H4/t26-,27+,31-;/m0./s1. The van der Waals surface area contributed by atoms with Crippen molar-refractivity contribution in [1.82, 2.24) is 10.2 Å². The molecule has 2 aliphatic rings. The SMILES string of the molecule is C.COC[C@@H]1C[C@@H](S(=O)(=O)CC2CCCCC2)CN1Cc1ccc(C(=O)N[C@@H](CCS(C)(=O)=O)C(=O)O)c(-c2ccccc2C)c1. The van der Waals surface area contributed by atoms with Gasteiger partial charge in [-0.1, -0.05) is 57.0 Å². The van der Waals surface area contributed by atoms with Crippen LogP contribution in [0.25, 0.3) is 11.1 Å². The van der Waals surface area contributed by atoms with E-state index in [9.17, 15) is 31.5 Å². The molecule has 3 atom stereocenters. The number of carbonyl (C=O) groups is 2. The highest BCUT2D eigenvalue weighted by atomic mass is 32.2. The van der Waals surface area contributed by atoms with Gasteiger partial charge in [0.15, 0.2) is 9.84 Å². The summed E-state index contributed by atoms with van der Waals surface area (Å²) in [7, 11) is -5.08. The van der Waals surface area contributed by atoms with E-state index in [0.717, 1.165) is 48.6 Å². The molecule has 2 aromatic rings. The summed E-state index contributed by atoms with van der Waals surface area (Å²) >= 11 is 0. The Morgan fingerprint density at radius 1 is 1.04 bits per heavy atom. The number of carbonyl (C=O) groups excluding carboxylic acids is 1. The number of nitrogens with one attached hydrogen (secondary N) is 1. The van der Waals surface area contributed by atoms with Gasteiger partial charge >= 0.3 is 5.97 Å². The van der Waals surface area contributed by atoms with Crippen LogP contribution in [0, 0.1) is 12.8 Å². The van der Waals surface area contributed by atoms with Crippen molar-refractivity contribution in [2.24, 2.45) is 5.92 Å². The molecule has 1 amide bonds. The van der Waals surface area contributed by atoms with E-state index >= 15 is 0 Å². The normalized spacial score (nSPS) is 20.2. The van der Waals surface area contributed by atoms with E-state index < -0.39 is 42.8 Å². The number of benzene rings is 2. The van der Waals surface area contributed by atoms with Gasteiger partial charge in [-0.25, -0.2) is 21.6 Å². The predicted molar refractivity (Wildman–Crippen MR) is 181 cm³/mol. The van der Waals surface area contributed by atoms with Gasteiger partial charge in [0.1, 0.15) is 15.9 Å². The lowest BCUT2D eigenvalue weighted by atomic mass is 9.91. The summed E-state index contributed by atoms with van der Waals surface area (Å²) in [6.07, 6.45) is 6.60. The first kappa shape index (κ1) is 37.7. The van der Waals surface area contributed by atoms with Crippen LogP contribution >= 0.6 is 0 Å². The maximum absolute atomic E-state index is 13.5. The van der Waals surface area contributed by atoms with Gasteiger partial charge in [0.05, 0.1) is 23.4 Å². The minimum absolute atomic E-state index is 0. The molecule has 10 nitrogen and oxygen atoms in total. The number of methoxy groups -OCH3 is 1. The van der Waals surface area contributed by atoms with E-state index in [4.69, 9.17) is 4.74 Å². The van der Waals surface area contributed by atoms with Crippen LogP contribution in [0.2, 0.25) is 0 Å². The zero-order chi connectivity index (χ0) is 32.8. The Kier molecular flexibility index (Phi) is 13.4. The number of amides is 1. The lowest BCUT2D eigenvalue weighted by Crippen LogP contribution is -2.42. The number of carboxylic acids is 1. The number of likely N-dealkylation sites (tertiary alicyclic amines) is 1. The number of nitrogens with zero attached hydrogens (tertiary/aromatic N) is 1. The van der Waals surface area contributed by atoms with E-state index in [1.165, 1.54) is 6.42 Å². The van der Waals surface area contributed by atoms with Gasteiger partial charge in [0.25, 0.3) is 5.91 Å². The number of ether oxygens (including phenoxy) is 1. The number of sulfone groups is 2. The topological polar surface area (TPSA) is 147 Å². The van der Waals surface area contributed by atoms with Crippen LogP contribution < -0.4 is 5.32 Å². The van der Waals surface area contributed by atoms with Crippen LogP contribution in [0.5, 0.6) is 0 Å². The minimum atomic E-state index is -3.42. The van der Waals surface area contributed by atoms with E-state index in [2.05, 4.69) is 10.2 Å². The zero-order valence-electron chi connectivity index (χ0n) is 26.4. The molecule has 0 spiro atoms. The molecule has 2 fully saturated rings. The second-order valence-corrected chi connectivity index (χ2v) is 17.3. The molecular formula is C34H50N2O8S2. The molecule has 1 saturated carbocycles. The van der Waals surface area contributed by atoms with Crippen LogP contribution in [0.4, 0.5) is 0 Å². The summed E-state index contributed by atoms with van der Waals surface area (Å²) in [4.78, 5) is 27.5. The molecule has 1 heterocycles. The number of hydrogen-bond acceptors (Lipinski definition) is 8. The van der Waals surface area contributed by atoms with Gasteiger partial charge in [-0.2, -0.15) is 0 Å². The Labute approximate surface area is 274 Å². The van der Waals surface area contributed by atoms with E-state index in [1.807, 2.05) is 37.3 Å². The number of carboxylic acid groups (broad SMARTS) is 1. The summed E-state index contributed by atoms with van der Waals surface area (Å²) in [5.74, 6) is -1.82. The quantitative estimate of drug-likeness (QED) is 0.295. The molecule has 1 aliphatic carbocycles. The summed E-state index contributed by atoms with van der Waals surface area (Å²) in [6.45, 7) is 3.19. The fourth-order valence-electron chi connectivity index (χ4n) is 6.62. The third-order valence-corrected chi connectivity index (χ3v) is 12.3. The Hall–Kier alpha value is -2.80. The summed E-state index contributed by atoms with van der Waals surface area (Å²) in [5, 5.41) is 11.7. The third kappa shape index (κ3) is 10.1. The van der Waals surface area contributed by atoms with Crippen molar-refractivity contribution in [2.75, 3.05) is 38.0 Å². The van der Waals surface area contributed by atoms with Gasteiger partial charge in [0, 0.05) is 38.1 Å². The summed E-state index contributed by atoms with van der Waals surface area (Å²) in [6, 6.07) is 11.5. The molecule has 0 aromatic heterocycles. The molecule has 4 rings (SSSR count). The van der Waals surface area contributed by atoms with Crippen molar-refractivity contribution in [2.45, 2.75) is 83.2 Å². The van der Waals surface area contributed by atoms with Crippen molar-refractivity contribution in [3.8, 4) is 11.1 Å². The van der Waals surface area contributed by atoms with Crippen molar-refractivity contribution in [1.29, 1.82) is 0 Å². The highest BCUT2D eigenvalue weighted by Gasteiger charge is 2.40. The predicted octanol–water partition coefficient (Wildman–Crippen LogP) is 4.50. The molecule has 2 N–H and O–H groups in total. The second kappa shape index (κ2) is 16.3. The highest BCUT2D eigenvalue weighted by Crippen LogP contribution is 2.33. The average Bonchev–Trinajstić information content (AvgIpc) is 3.38. The first-order chi connectivity index (χ1) is 21.3. The monoisotopic (exact) mass is 678 g/mol. The van der Waals surface area contributed by atoms with E-state index in [0.29, 0.717) is 31.7 Å². The van der Waals surface area contributed by atoms with Gasteiger partial charge < -0.3 is 15.2 Å². The summed E-state index contributed by atoms with van der Waals surface area (Å²) in [5.41, 5.74) is 3.47. The van der Waals surface area contributed by atoms with Crippen molar-refractivity contribution in [3.63, 3.8) is 0 Å². The fraction of sp³-hybridized carbons (Fsp3) is 0.588. The smallest absolute Gasteiger partial charge is 0.326 e. The average molecular weight is 679 g/mol. The van der Waals surface area contributed by atoms with Crippen molar-refractivity contribution < 1.29 is 36.3 Å². The Balaban J connectivity index is 0.00000576. The Bertz CT molecular complexity index is 1570. The summed E-state index contributed by atoms with van der Waals surface area (Å²) < 4.78 is 55.8. The third-order valence-electron chi connectivity index (χ3n) is 9.08. The molecular weight excluding hydrogens is 629 g/mol. The Morgan fingerprint density at radius 3 is 2.37 bits per heavy atom. The maximum Gasteiger partial charge on any atom is 0.326 e. The second-order valence-electron chi connectivity index (χ2n) is 12.7. The molecule has 256 valence electrons. The number of aryl methyl sites for hydroxylation is 1. The molecule has 46 heavy (non-hydrogen) atoms. The Morgan fingerprint density at radius 2 is 1.74 bits per heavy atom. The van der Waals surface area contributed by atoms with Crippen LogP contribution in [0.15, 0.2) is 42.5 Å². The maximum atomic E-state index is 13.5. The molecule has 12 heteroatoms. The lowest BCUT2D eigenvalue weighted by Gasteiger charge is -2.25. The van der Waals surface area contributed by atoms with Gasteiger partial charge in [-0.05, 0) is 72.9 Å². The van der Waals surface area contributed by atoms with E-state index in [1.54, 1.807) is 19.2 Å². The van der Waals surface area contributed by atoms with E-state index in [-0.39, 0.29) is 42.9 Å². The number of rotatable bonds is 14. The lowest BCUT2D eigenvalue weighted by molar-refractivity contribution is -0.139. The molecule has 0 radical (unpaired) electrons. The van der Waals surface area contributed by atoms with Crippen LogP contribution in [-0.2, 0) is 35.8 Å². The first-order valence-electron chi connectivity index (χ1n) is 15.6. The fourth-order valence-corrected chi connectivity index (χ4v) is 9.48. The van der Waals surface area contributed by atoms with Crippen LogP contribution in [0.3, 0.4) is 0 Å². The molecule has 0 bridgehead atoms. The largest absolute Gasteiger partial charge is 0.480 e. The number of aliphatic carboxylic acids is 1. The van der Waals surface area contributed by atoms with Gasteiger partial charge in [0.2, 0.25) is 0 Å². The molecule has 0 unspecified atom stereocenters. The molecule has 1 aliphatic heterocycles. The molecule has 1 saturated heterocycles. The van der Waals surface area contributed by atoms with Crippen molar-refractivity contribution >= 4 is 31.6 Å². The van der Waals surface area contributed by atoms with Crippen molar-refractivity contribution in [3.05, 3.63) is 59.2 Å². The van der Waals surface area contributed by atoms with Gasteiger partial charge in [-0.15, -0.1) is 0 Å². The minimum Gasteiger partial charge on any atom is -0.480 e. The highest BCUT2D eigenvalue weighted by molar-refractivity contribution is 7.92. The zero-order valence-corrected chi connectivity index (χ0v) is 28.0. The van der Waals surface area contributed by atoms with Crippen LogP contribution in [0.1, 0.15) is 73.9 Å². The molecule has 2 aromatic carbocycles. The first-order valence-corrected chi connectivity index (χ1v) is 19.4. The van der Waals surface area contributed by atoms with Gasteiger partial charge in [-0.3, -0.25) is 9.69 Å².